The topological polar surface area (TPSA) is 78.0 Å². The van der Waals surface area contributed by atoms with Gasteiger partial charge in [0.1, 0.15) is 5.82 Å². The molecule has 1 aliphatic heterocycles. The third-order valence-electron chi connectivity index (χ3n) is 4.18. The van der Waals surface area contributed by atoms with Gasteiger partial charge in [0.05, 0.1) is 12.0 Å². The number of aryl methyl sites for hydroxylation is 1. The number of piperidine rings is 1. The molecule has 122 valence electrons. The molecule has 2 aromatic heterocycles. The third kappa shape index (κ3) is 3.33. The monoisotopic (exact) mass is 314 g/mol. The fourth-order valence-corrected chi connectivity index (χ4v) is 3.04. The summed E-state index contributed by atoms with van der Waals surface area (Å²) in [5, 5.41) is 0. The summed E-state index contributed by atoms with van der Waals surface area (Å²) in [6.07, 6.45) is 5.41. The molecule has 1 aliphatic rings. The molecule has 3 heterocycles. The van der Waals surface area contributed by atoms with Gasteiger partial charge in [-0.05, 0) is 19.8 Å². The molecule has 23 heavy (non-hydrogen) atoms. The van der Waals surface area contributed by atoms with Crippen LogP contribution >= 0.6 is 0 Å². The first-order valence-electron chi connectivity index (χ1n) is 7.85. The van der Waals surface area contributed by atoms with Crippen LogP contribution in [0.25, 0.3) is 0 Å². The average Bonchev–Trinajstić information content (AvgIpc) is 2.55. The molecular formula is C16H22N6O. The van der Waals surface area contributed by atoms with E-state index in [1.165, 1.54) is 6.33 Å². The molecule has 3 rings (SSSR count). The van der Waals surface area contributed by atoms with Crippen molar-refractivity contribution in [2.45, 2.75) is 25.7 Å². The zero-order valence-electron chi connectivity index (χ0n) is 13.8. The highest BCUT2D eigenvalue weighted by atomic mass is 16.1. The van der Waals surface area contributed by atoms with Crippen LogP contribution < -0.4 is 15.4 Å². The summed E-state index contributed by atoms with van der Waals surface area (Å²) in [5.74, 6) is 1.92. The van der Waals surface area contributed by atoms with Gasteiger partial charge >= 0.3 is 0 Å². The number of aromatic amines is 1. The molecule has 1 fully saturated rings. The van der Waals surface area contributed by atoms with Crippen molar-refractivity contribution in [3.63, 3.8) is 0 Å². The molecule has 0 bridgehead atoms. The second kappa shape index (κ2) is 6.36. The van der Waals surface area contributed by atoms with Crippen LogP contribution in [-0.4, -0.2) is 47.1 Å². The molecule has 7 nitrogen and oxygen atoms in total. The van der Waals surface area contributed by atoms with Gasteiger partial charge in [-0.2, -0.15) is 4.98 Å². The van der Waals surface area contributed by atoms with Crippen molar-refractivity contribution in [2.75, 3.05) is 37.0 Å². The number of nitrogens with one attached hydrogen (secondary N) is 1. The maximum absolute atomic E-state index is 11.5. The van der Waals surface area contributed by atoms with Crippen LogP contribution in [0, 0.1) is 6.92 Å². The van der Waals surface area contributed by atoms with Gasteiger partial charge < -0.3 is 14.8 Å². The first kappa shape index (κ1) is 15.5. The van der Waals surface area contributed by atoms with E-state index >= 15 is 0 Å². The van der Waals surface area contributed by atoms with Crippen LogP contribution in [0.15, 0.2) is 23.4 Å². The Morgan fingerprint density at radius 2 is 2.17 bits per heavy atom. The first-order valence-corrected chi connectivity index (χ1v) is 7.85. The van der Waals surface area contributed by atoms with Crippen LogP contribution in [0.5, 0.6) is 0 Å². The molecule has 0 amide bonds. The van der Waals surface area contributed by atoms with Crippen molar-refractivity contribution < 1.29 is 0 Å². The maximum Gasteiger partial charge on any atom is 0.250 e. The lowest BCUT2D eigenvalue weighted by Gasteiger charge is -2.32. The average molecular weight is 314 g/mol. The molecule has 1 atom stereocenters. The van der Waals surface area contributed by atoms with Crippen LogP contribution in [0.3, 0.4) is 0 Å². The van der Waals surface area contributed by atoms with Gasteiger partial charge in [0.2, 0.25) is 5.95 Å². The summed E-state index contributed by atoms with van der Waals surface area (Å²) in [7, 11) is 3.97. The number of nitrogens with zero attached hydrogens (tertiary/aromatic N) is 5. The zero-order chi connectivity index (χ0) is 16.4. The number of hydrogen-bond acceptors (Lipinski definition) is 6. The molecule has 0 radical (unpaired) electrons. The molecule has 2 aromatic rings. The van der Waals surface area contributed by atoms with Gasteiger partial charge in [-0.1, -0.05) is 0 Å². The predicted molar refractivity (Wildman–Crippen MR) is 90.1 cm³/mol. The summed E-state index contributed by atoms with van der Waals surface area (Å²) in [4.78, 5) is 31.8. The summed E-state index contributed by atoms with van der Waals surface area (Å²) in [6, 6.07) is 1.59. The lowest BCUT2D eigenvalue weighted by atomic mass is 9.95. The Morgan fingerprint density at radius 1 is 1.35 bits per heavy atom. The van der Waals surface area contributed by atoms with Crippen LogP contribution in [0.2, 0.25) is 0 Å². The molecular weight excluding hydrogens is 292 g/mol. The van der Waals surface area contributed by atoms with Gasteiger partial charge in [-0.25, -0.2) is 9.97 Å². The van der Waals surface area contributed by atoms with Gasteiger partial charge in [0, 0.05) is 50.9 Å². The van der Waals surface area contributed by atoms with Gasteiger partial charge in [0.15, 0.2) is 0 Å². The minimum Gasteiger partial charge on any atom is -0.362 e. The minimum atomic E-state index is -0.103. The molecule has 7 heteroatoms. The quantitative estimate of drug-likeness (QED) is 0.920. The van der Waals surface area contributed by atoms with Gasteiger partial charge in [-0.3, -0.25) is 4.79 Å². The number of aromatic nitrogens is 4. The van der Waals surface area contributed by atoms with E-state index in [1.807, 2.05) is 32.1 Å². The number of H-pyrrole nitrogens is 1. The van der Waals surface area contributed by atoms with Crippen molar-refractivity contribution in [3.05, 3.63) is 40.2 Å². The third-order valence-corrected chi connectivity index (χ3v) is 4.18. The summed E-state index contributed by atoms with van der Waals surface area (Å²) in [5.41, 5.74) is 1.80. The Morgan fingerprint density at radius 3 is 2.91 bits per heavy atom. The van der Waals surface area contributed by atoms with Gasteiger partial charge in [0.25, 0.3) is 5.56 Å². The van der Waals surface area contributed by atoms with E-state index in [1.54, 1.807) is 6.07 Å². The highest BCUT2D eigenvalue weighted by Crippen LogP contribution is 2.27. The van der Waals surface area contributed by atoms with Crippen molar-refractivity contribution in [1.29, 1.82) is 0 Å². The Labute approximate surface area is 135 Å². The van der Waals surface area contributed by atoms with Crippen molar-refractivity contribution >= 4 is 11.8 Å². The van der Waals surface area contributed by atoms with Crippen molar-refractivity contribution in [3.8, 4) is 0 Å². The lowest BCUT2D eigenvalue weighted by molar-refractivity contribution is 0.494. The van der Waals surface area contributed by atoms with E-state index in [9.17, 15) is 4.79 Å². The molecule has 1 saturated heterocycles. The molecule has 0 saturated carbocycles. The lowest BCUT2D eigenvalue weighted by Crippen LogP contribution is -2.36. The minimum absolute atomic E-state index is 0.103. The number of rotatable bonds is 3. The molecule has 0 spiro atoms. The molecule has 1 unspecified atom stereocenters. The van der Waals surface area contributed by atoms with Gasteiger partial charge in [-0.15, -0.1) is 0 Å². The fraction of sp³-hybridized carbons (Fsp3) is 0.500. The second-order valence-electron chi connectivity index (χ2n) is 6.19. The Bertz CT molecular complexity index is 741. The number of hydrogen-bond donors (Lipinski definition) is 1. The van der Waals surface area contributed by atoms with Crippen molar-refractivity contribution in [1.82, 2.24) is 19.9 Å². The SMILES string of the molecule is Cc1cnc(N2CCCC(c3cc(=O)[nH]cn3)C2)nc1N(C)C. The smallest absolute Gasteiger partial charge is 0.250 e. The second-order valence-corrected chi connectivity index (χ2v) is 6.19. The largest absolute Gasteiger partial charge is 0.362 e. The fourth-order valence-electron chi connectivity index (χ4n) is 3.04. The van der Waals surface area contributed by atoms with E-state index in [0.717, 1.165) is 49.0 Å². The van der Waals surface area contributed by atoms with E-state index in [2.05, 4.69) is 19.9 Å². The maximum atomic E-state index is 11.5. The standard InChI is InChI=1S/C16H22N6O/c1-11-8-17-16(20-15(11)21(2)3)22-6-4-5-12(9-22)13-7-14(23)19-10-18-13/h7-8,10,12H,4-6,9H2,1-3H3,(H,18,19,23). The van der Waals surface area contributed by atoms with E-state index in [4.69, 9.17) is 4.98 Å². The predicted octanol–water partition coefficient (Wildman–Crippen LogP) is 1.32. The van der Waals surface area contributed by atoms with E-state index in [0.29, 0.717) is 0 Å². The van der Waals surface area contributed by atoms with Crippen LogP contribution in [0.1, 0.15) is 30.0 Å². The Balaban J connectivity index is 1.84. The highest BCUT2D eigenvalue weighted by molar-refractivity contribution is 5.48. The first-order chi connectivity index (χ1) is 11.0. The Hall–Kier alpha value is -2.44. The van der Waals surface area contributed by atoms with Crippen LogP contribution in [-0.2, 0) is 0 Å². The normalized spacial score (nSPS) is 18.0. The Kier molecular flexibility index (Phi) is 4.27. The summed E-state index contributed by atoms with van der Waals surface area (Å²) in [6.45, 7) is 3.72. The van der Waals surface area contributed by atoms with Crippen LogP contribution in [0.4, 0.5) is 11.8 Å². The molecule has 0 aliphatic carbocycles. The highest BCUT2D eigenvalue weighted by Gasteiger charge is 2.24. The summed E-state index contributed by atoms with van der Waals surface area (Å²) >= 11 is 0. The summed E-state index contributed by atoms with van der Waals surface area (Å²) < 4.78 is 0. The molecule has 0 aromatic carbocycles. The van der Waals surface area contributed by atoms with E-state index < -0.39 is 0 Å². The number of anilines is 2. The van der Waals surface area contributed by atoms with E-state index in [-0.39, 0.29) is 11.5 Å². The molecule has 1 N–H and O–H groups in total. The zero-order valence-corrected chi connectivity index (χ0v) is 13.8. The van der Waals surface area contributed by atoms with Crippen molar-refractivity contribution in [2.24, 2.45) is 0 Å².